The van der Waals surface area contributed by atoms with E-state index in [0.29, 0.717) is 10.3 Å². The Morgan fingerprint density at radius 3 is 3.00 bits per heavy atom. The van der Waals surface area contributed by atoms with Crippen molar-refractivity contribution >= 4 is 34.2 Å². The molecule has 1 aromatic rings. The van der Waals surface area contributed by atoms with Gasteiger partial charge in [0.2, 0.25) is 0 Å². The van der Waals surface area contributed by atoms with Crippen molar-refractivity contribution in [3.63, 3.8) is 0 Å². The molecule has 1 aromatic heterocycles. The van der Waals surface area contributed by atoms with Crippen LogP contribution in [0.25, 0.3) is 0 Å². The Labute approximate surface area is 110 Å². The van der Waals surface area contributed by atoms with Gasteiger partial charge in [-0.1, -0.05) is 23.4 Å². The van der Waals surface area contributed by atoms with Crippen LogP contribution in [0.15, 0.2) is 17.3 Å². The highest BCUT2D eigenvalue weighted by Gasteiger charge is 2.32. The first-order valence-electron chi connectivity index (χ1n) is 5.37. The molecule has 0 amide bonds. The predicted molar refractivity (Wildman–Crippen MR) is 74.8 cm³/mol. The number of hydrogen-bond donors (Lipinski definition) is 2. The number of anilines is 1. The van der Waals surface area contributed by atoms with E-state index in [0.717, 1.165) is 23.4 Å². The van der Waals surface area contributed by atoms with Crippen molar-refractivity contribution in [3.8, 4) is 0 Å². The summed E-state index contributed by atoms with van der Waals surface area (Å²) in [5, 5.41) is 4.17. The molecule has 0 saturated carbocycles. The zero-order valence-electron chi connectivity index (χ0n) is 9.83. The van der Waals surface area contributed by atoms with E-state index >= 15 is 0 Å². The van der Waals surface area contributed by atoms with Gasteiger partial charge in [-0.05, 0) is 19.4 Å². The lowest BCUT2D eigenvalue weighted by Crippen LogP contribution is -2.29. The van der Waals surface area contributed by atoms with Gasteiger partial charge in [0.15, 0.2) is 5.17 Å². The second kappa shape index (κ2) is 4.74. The minimum atomic E-state index is -0.369. The second-order valence-electron chi connectivity index (χ2n) is 4.13. The van der Waals surface area contributed by atoms with Gasteiger partial charge in [-0.25, -0.2) is 4.98 Å². The molecule has 1 unspecified atom stereocenters. The van der Waals surface area contributed by atoms with Gasteiger partial charge in [0.25, 0.3) is 0 Å². The maximum Gasteiger partial charge on any atom is 0.154 e. The van der Waals surface area contributed by atoms with Gasteiger partial charge in [0.05, 0.1) is 17.4 Å². The highest BCUT2D eigenvalue weighted by atomic mass is 35.5. The van der Waals surface area contributed by atoms with Crippen LogP contribution in [-0.2, 0) is 5.54 Å². The molecule has 0 aromatic carbocycles. The highest BCUT2D eigenvalue weighted by molar-refractivity contribution is 8.13. The van der Waals surface area contributed by atoms with E-state index < -0.39 is 0 Å². The Hall–Kier alpha value is -0.940. The van der Waals surface area contributed by atoms with Crippen LogP contribution in [-0.4, -0.2) is 23.0 Å². The molecule has 1 atom stereocenters. The van der Waals surface area contributed by atoms with Crippen LogP contribution < -0.4 is 11.1 Å². The van der Waals surface area contributed by atoms with Crippen LogP contribution in [0.4, 0.5) is 5.69 Å². The average molecular weight is 271 g/mol. The summed E-state index contributed by atoms with van der Waals surface area (Å²) in [6, 6.07) is 1.99. The molecule has 0 fully saturated rings. The number of amidine groups is 1. The van der Waals surface area contributed by atoms with Crippen molar-refractivity contribution in [2.75, 3.05) is 18.1 Å². The normalized spacial score (nSPS) is 24.3. The maximum absolute atomic E-state index is 6.17. The third kappa shape index (κ3) is 2.50. The summed E-state index contributed by atoms with van der Waals surface area (Å²) >= 11 is 7.75. The SMILES string of the molecule is CNc1cnc(Cl)c(C2(C)CCSC(N)=N2)c1. The minimum Gasteiger partial charge on any atom is -0.387 e. The van der Waals surface area contributed by atoms with E-state index in [1.807, 2.05) is 20.0 Å². The standard InChI is InChI=1S/C11H15ClN4S/c1-11(3-4-17-10(13)16-11)8-5-7(14-2)6-15-9(8)12/h5-6,14H,3-4H2,1-2H3,(H2,13,16). The van der Waals surface area contributed by atoms with E-state index in [4.69, 9.17) is 17.3 Å². The Bertz CT molecular complexity index is 463. The minimum absolute atomic E-state index is 0.369. The van der Waals surface area contributed by atoms with Gasteiger partial charge in [-0.2, -0.15) is 0 Å². The topological polar surface area (TPSA) is 63.3 Å². The lowest BCUT2D eigenvalue weighted by atomic mass is 9.91. The van der Waals surface area contributed by atoms with Crippen molar-refractivity contribution in [2.24, 2.45) is 10.7 Å². The fraction of sp³-hybridized carbons (Fsp3) is 0.455. The second-order valence-corrected chi connectivity index (χ2v) is 5.61. The number of aromatic nitrogens is 1. The highest BCUT2D eigenvalue weighted by Crippen LogP contribution is 2.38. The first-order valence-corrected chi connectivity index (χ1v) is 6.73. The number of aliphatic imine (C=N–C) groups is 1. The molecular weight excluding hydrogens is 256 g/mol. The molecule has 0 saturated heterocycles. The molecule has 92 valence electrons. The number of nitrogens with two attached hydrogens (primary N) is 1. The van der Waals surface area contributed by atoms with Crippen LogP contribution >= 0.6 is 23.4 Å². The van der Waals surface area contributed by atoms with E-state index in [2.05, 4.69) is 15.3 Å². The largest absolute Gasteiger partial charge is 0.387 e. The number of pyridine rings is 1. The van der Waals surface area contributed by atoms with Crippen molar-refractivity contribution in [1.82, 2.24) is 4.98 Å². The van der Waals surface area contributed by atoms with Gasteiger partial charge < -0.3 is 11.1 Å². The molecule has 4 nitrogen and oxygen atoms in total. The van der Waals surface area contributed by atoms with Gasteiger partial charge >= 0.3 is 0 Å². The Morgan fingerprint density at radius 1 is 1.59 bits per heavy atom. The summed E-state index contributed by atoms with van der Waals surface area (Å²) in [7, 11) is 1.85. The maximum atomic E-state index is 6.17. The Kier molecular flexibility index (Phi) is 3.49. The molecule has 0 spiro atoms. The van der Waals surface area contributed by atoms with Crippen molar-refractivity contribution in [3.05, 3.63) is 23.0 Å². The third-order valence-electron chi connectivity index (χ3n) is 2.90. The summed E-state index contributed by atoms with van der Waals surface area (Å²) in [6.07, 6.45) is 2.62. The average Bonchev–Trinajstić information content (AvgIpc) is 2.29. The zero-order valence-corrected chi connectivity index (χ0v) is 11.4. The predicted octanol–water partition coefficient (Wildman–Crippen LogP) is 2.44. The van der Waals surface area contributed by atoms with Crippen molar-refractivity contribution < 1.29 is 0 Å². The van der Waals surface area contributed by atoms with Crippen LogP contribution in [0, 0.1) is 0 Å². The summed E-state index contributed by atoms with van der Waals surface area (Å²) in [5.74, 6) is 0.950. The van der Waals surface area contributed by atoms with Gasteiger partial charge in [-0.3, -0.25) is 4.99 Å². The number of hydrogen-bond acceptors (Lipinski definition) is 5. The fourth-order valence-electron chi connectivity index (χ4n) is 1.84. The summed E-state index contributed by atoms with van der Waals surface area (Å²) < 4.78 is 0. The first-order chi connectivity index (χ1) is 8.05. The molecule has 3 N–H and O–H groups in total. The van der Waals surface area contributed by atoms with Crippen LogP contribution in [0.5, 0.6) is 0 Å². The molecule has 2 heterocycles. The van der Waals surface area contributed by atoms with Gasteiger partial charge in [-0.15, -0.1) is 0 Å². The molecule has 6 heteroatoms. The van der Waals surface area contributed by atoms with E-state index in [1.54, 1.807) is 18.0 Å². The van der Waals surface area contributed by atoms with Crippen LogP contribution in [0.2, 0.25) is 5.15 Å². The molecule has 1 aliphatic heterocycles. The molecular formula is C11H15ClN4S. The Balaban J connectivity index is 2.48. The molecule has 0 bridgehead atoms. The number of thioether (sulfide) groups is 1. The fourth-order valence-corrected chi connectivity index (χ4v) is 3.12. The monoisotopic (exact) mass is 270 g/mol. The summed E-state index contributed by atoms with van der Waals surface area (Å²) in [6.45, 7) is 2.04. The van der Waals surface area contributed by atoms with Crippen molar-refractivity contribution in [2.45, 2.75) is 18.9 Å². The van der Waals surface area contributed by atoms with Gasteiger partial charge in [0, 0.05) is 18.4 Å². The van der Waals surface area contributed by atoms with E-state index in [1.165, 1.54) is 0 Å². The summed E-state index contributed by atoms with van der Waals surface area (Å²) in [4.78, 5) is 8.71. The smallest absolute Gasteiger partial charge is 0.154 e. The van der Waals surface area contributed by atoms with E-state index in [-0.39, 0.29) is 5.54 Å². The van der Waals surface area contributed by atoms with Gasteiger partial charge in [0.1, 0.15) is 5.15 Å². The Morgan fingerprint density at radius 2 is 2.35 bits per heavy atom. The quantitative estimate of drug-likeness (QED) is 0.811. The third-order valence-corrected chi connectivity index (χ3v) is 4.00. The number of nitrogens with one attached hydrogen (secondary N) is 1. The van der Waals surface area contributed by atoms with Crippen LogP contribution in [0.1, 0.15) is 18.9 Å². The number of rotatable bonds is 2. The molecule has 1 aliphatic rings. The van der Waals surface area contributed by atoms with Crippen molar-refractivity contribution in [1.29, 1.82) is 0 Å². The molecule has 2 rings (SSSR count). The molecule has 17 heavy (non-hydrogen) atoms. The van der Waals surface area contributed by atoms with Crippen LogP contribution in [0.3, 0.4) is 0 Å². The van der Waals surface area contributed by atoms with E-state index in [9.17, 15) is 0 Å². The molecule has 0 radical (unpaired) electrons. The lowest BCUT2D eigenvalue weighted by Gasteiger charge is -2.30. The number of nitrogens with zero attached hydrogens (tertiary/aromatic N) is 2. The lowest BCUT2D eigenvalue weighted by molar-refractivity contribution is 0.480. The summed E-state index contributed by atoms with van der Waals surface area (Å²) in [5.41, 5.74) is 7.29. The first kappa shape index (κ1) is 12.5. The molecule has 0 aliphatic carbocycles. The number of halogens is 1. The zero-order chi connectivity index (χ0) is 12.5.